The zero-order valence-corrected chi connectivity index (χ0v) is 33.4. The Morgan fingerprint density at radius 3 is 2.43 bits per heavy atom. The standard InChI is InChI=1S/C26H38N7O18P3S2/c1-26(2,20(37)23(38)29-6-5-15(34)28-7-8-55-25(39)14-3-4-16(35)56-14)10-48-54(45,46)51-53(43,44)47-9-13-19(50-52(40,41)42)18(36)24(49-13)33-12-32-17-21(27)30-11-31-22(17)33/h3-4,11-13,18-20,24,35-37H,5-10H2,1-2H3,(H,28,34)(H,29,38)(H,43,44)(H,45,46)(H2,27,30,31)(H2,40,41,42)/t13-,18-,19-,20?,24-/m1/s1. The van der Waals surface area contributed by atoms with Gasteiger partial charge in [0, 0.05) is 30.7 Å². The third-order valence-corrected chi connectivity index (χ3v) is 12.5. The van der Waals surface area contributed by atoms with Gasteiger partial charge in [0.2, 0.25) is 16.9 Å². The van der Waals surface area contributed by atoms with Crippen LogP contribution in [0, 0.1) is 5.41 Å². The van der Waals surface area contributed by atoms with Gasteiger partial charge in [0.25, 0.3) is 0 Å². The van der Waals surface area contributed by atoms with E-state index >= 15 is 0 Å². The molecule has 0 radical (unpaired) electrons. The molecule has 1 fully saturated rings. The zero-order valence-electron chi connectivity index (χ0n) is 29.1. The van der Waals surface area contributed by atoms with E-state index in [-0.39, 0.29) is 52.4 Å². The molecule has 11 N–H and O–H groups in total. The Kier molecular flexibility index (Phi) is 15.3. The van der Waals surface area contributed by atoms with Crippen molar-refractivity contribution in [1.29, 1.82) is 0 Å². The van der Waals surface area contributed by atoms with Crippen molar-refractivity contribution in [3.05, 3.63) is 29.7 Å². The summed E-state index contributed by atoms with van der Waals surface area (Å²) < 4.78 is 62.0. The van der Waals surface area contributed by atoms with Crippen LogP contribution in [-0.4, -0.2) is 128 Å². The maximum absolute atomic E-state index is 12.7. The van der Waals surface area contributed by atoms with Crippen LogP contribution in [0.2, 0.25) is 0 Å². The second-order valence-electron chi connectivity index (χ2n) is 12.3. The highest BCUT2D eigenvalue weighted by atomic mass is 32.2. The molecule has 25 nitrogen and oxygen atoms in total. The van der Waals surface area contributed by atoms with Crippen LogP contribution in [0.25, 0.3) is 11.2 Å². The summed E-state index contributed by atoms with van der Waals surface area (Å²) >= 11 is 1.86. The third kappa shape index (κ3) is 12.8. The lowest BCUT2D eigenvalue weighted by atomic mass is 9.87. The van der Waals surface area contributed by atoms with E-state index in [1.54, 1.807) is 0 Å². The average molecular weight is 894 g/mol. The van der Waals surface area contributed by atoms with Gasteiger partial charge in [0.05, 0.1) is 24.4 Å². The highest BCUT2D eigenvalue weighted by molar-refractivity contribution is 8.14. The van der Waals surface area contributed by atoms with Crippen molar-refractivity contribution in [2.45, 2.75) is 50.9 Å². The molecule has 3 aromatic rings. The number of aromatic nitrogens is 4. The second-order valence-corrected chi connectivity index (χ2v) is 18.7. The molecule has 312 valence electrons. The number of hydrogen-bond donors (Lipinski definition) is 10. The number of phosphoric acid groups is 3. The number of anilines is 1. The molecule has 2 amide bonds. The number of rotatable bonds is 20. The molecule has 1 saturated heterocycles. The van der Waals surface area contributed by atoms with Gasteiger partial charge in [-0.15, -0.1) is 0 Å². The highest BCUT2D eigenvalue weighted by Crippen LogP contribution is 2.61. The van der Waals surface area contributed by atoms with Crippen molar-refractivity contribution in [2.75, 3.05) is 37.8 Å². The van der Waals surface area contributed by atoms with Crippen LogP contribution in [-0.2, 0) is 45.9 Å². The summed E-state index contributed by atoms with van der Waals surface area (Å²) in [4.78, 5) is 87.9. The van der Waals surface area contributed by atoms with Gasteiger partial charge in [0.15, 0.2) is 22.8 Å². The van der Waals surface area contributed by atoms with E-state index in [1.807, 2.05) is 0 Å². The number of nitrogens with zero attached hydrogens (tertiary/aromatic N) is 4. The van der Waals surface area contributed by atoms with E-state index in [1.165, 1.54) is 26.0 Å². The lowest BCUT2D eigenvalue weighted by Crippen LogP contribution is -2.46. The Balaban J connectivity index is 1.23. The predicted octanol–water partition coefficient (Wildman–Crippen LogP) is -0.254. The molecule has 3 unspecified atom stereocenters. The van der Waals surface area contributed by atoms with E-state index < -0.39 is 84.6 Å². The minimum absolute atomic E-state index is 0.000766. The van der Waals surface area contributed by atoms with Crippen molar-refractivity contribution in [1.82, 2.24) is 30.2 Å². The summed E-state index contributed by atoms with van der Waals surface area (Å²) in [5.74, 6) is -1.29. The first-order chi connectivity index (χ1) is 26.0. The molecule has 0 aromatic carbocycles. The van der Waals surface area contributed by atoms with E-state index in [0.29, 0.717) is 4.88 Å². The minimum atomic E-state index is -5.58. The molecule has 0 spiro atoms. The van der Waals surface area contributed by atoms with Crippen molar-refractivity contribution >= 4 is 80.5 Å². The van der Waals surface area contributed by atoms with Gasteiger partial charge in [-0.25, -0.2) is 28.6 Å². The fraction of sp³-hybridized carbons (Fsp3) is 0.538. The number of carbonyl (C=O) groups excluding carboxylic acids is 3. The maximum atomic E-state index is 12.7. The Hall–Kier alpha value is -2.94. The molecule has 30 heteroatoms. The van der Waals surface area contributed by atoms with E-state index in [0.717, 1.165) is 40.3 Å². The first kappa shape index (κ1) is 45.8. The quantitative estimate of drug-likeness (QED) is 0.0516. The Labute approximate surface area is 324 Å². The van der Waals surface area contributed by atoms with Gasteiger partial charge in [0.1, 0.15) is 36.3 Å². The number of phosphoric ester groups is 3. The van der Waals surface area contributed by atoms with Crippen LogP contribution >= 0.6 is 46.6 Å². The molecule has 0 saturated carbocycles. The topological polar surface area (TPSA) is 384 Å². The van der Waals surface area contributed by atoms with E-state index in [9.17, 15) is 63.0 Å². The van der Waals surface area contributed by atoms with Crippen molar-refractivity contribution in [3.63, 3.8) is 0 Å². The van der Waals surface area contributed by atoms with Crippen molar-refractivity contribution in [3.8, 4) is 5.06 Å². The molecule has 3 aromatic heterocycles. The molecular weight excluding hydrogens is 855 g/mol. The van der Waals surface area contributed by atoms with Crippen LogP contribution in [0.15, 0.2) is 24.8 Å². The van der Waals surface area contributed by atoms with E-state index in [2.05, 4.69) is 34.4 Å². The van der Waals surface area contributed by atoms with Gasteiger partial charge in [-0.1, -0.05) is 36.9 Å². The minimum Gasteiger partial charge on any atom is -0.499 e. The summed E-state index contributed by atoms with van der Waals surface area (Å²) in [7, 11) is -16.4. The number of hydrogen-bond acceptors (Lipinski definition) is 20. The number of imidazole rings is 1. The van der Waals surface area contributed by atoms with Crippen LogP contribution in [0.1, 0.15) is 36.2 Å². The lowest BCUT2D eigenvalue weighted by Gasteiger charge is -2.30. The smallest absolute Gasteiger partial charge is 0.481 e. The number of ether oxygens (including phenoxy) is 1. The van der Waals surface area contributed by atoms with Crippen LogP contribution in [0.4, 0.5) is 5.82 Å². The van der Waals surface area contributed by atoms with Crippen molar-refractivity contribution < 1.29 is 85.6 Å². The van der Waals surface area contributed by atoms with Gasteiger partial charge < -0.3 is 56.0 Å². The number of aromatic hydroxyl groups is 1. The SMILES string of the molecule is CC(C)(COP(=O)(O)OP(=O)(O)OC[C@H]1O[C@@H](n2cnc3c(N)ncnc32)[C@H](O)[C@@H]1OP(=O)(O)O)C(O)C(=O)NCCC(=O)NCCSC(=O)c1ccc(O)s1. The molecule has 4 rings (SSSR count). The van der Waals surface area contributed by atoms with Gasteiger partial charge in [-0.3, -0.25) is 32.5 Å². The van der Waals surface area contributed by atoms with Gasteiger partial charge >= 0.3 is 23.5 Å². The Bertz CT molecular complexity index is 2030. The summed E-state index contributed by atoms with van der Waals surface area (Å²) in [5, 5.41) is 35.3. The number of nitrogen functional groups attached to an aromatic ring is 1. The van der Waals surface area contributed by atoms with Crippen molar-refractivity contribution in [2.24, 2.45) is 5.41 Å². The zero-order chi connectivity index (χ0) is 41.6. The number of aliphatic hydroxyl groups is 2. The summed E-state index contributed by atoms with van der Waals surface area (Å²) in [6, 6.07) is 2.86. The number of thiophene rings is 1. The van der Waals surface area contributed by atoms with Crippen LogP contribution < -0.4 is 16.4 Å². The van der Waals surface area contributed by atoms with Crippen LogP contribution in [0.3, 0.4) is 0 Å². The molecule has 1 aliphatic rings. The molecule has 56 heavy (non-hydrogen) atoms. The van der Waals surface area contributed by atoms with Gasteiger partial charge in [-0.05, 0) is 12.1 Å². The number of fused-ring (bicyclic) bond motifs is 1. The molecule has 4 heterocycles. The summed E-state index contributed by atoms with van der Waals surface area (Å²) in [5.41, 5.74) is 4.23. The number of nitrogens with two attached hydrogens (primary N) is 1. The second kappa shape index (κ2) is 18.8. The number of amides is 2. The van der Waals surface area contributed by atoms with Gasteiger partial charge in [-0.2, -0.15) is 4.31 Å². The molecular formula is C26H38N7O18P3S2. The fourth-order valence-electron chi connectivity index (χ4n) is 4.78. The largest absolute Gasteiger partial charge is 0.499 e. The number of aliphatic hydroxyl groups excluding tert-OH is 2. The molecule has 7 atom stereocenters. The first-order valence-corrected chi connectivity index (χ1v) is 22.2. The molecule has 0 bridgehead atoms. The fourth-order valence-corrected chi connectivity index (χ4v) is 9.09. The third-order valence-electron chi connectivity index (χ3n) is 7.53. The number of thioether (sulfide) groups is 1. The number of nitrogens with one attached hydrogen (secondary N) is 2. The molecule has 0 aliphatic carbocycles. The monoisotopic (exact) mass is 893 g/mol. The maximum Gasteiger partial charge on any atom is 0.481 e. The average Bonchev–Trinajstić information content (AvgIpc) is 3.81. The first-order valence-electron chi connectivity index (χ1n) is 15.8. The summed E-state index contributed by atoms with van der Waals surface area (Å²) in [6.45, 7) is 0.332. The normalized spacial score (nSPS) is 21.6. The lowest BCUT2D eigenvalue weighted by molar-refractivity contribution is -0.137. The molecule has 1 aliphatic heterocycles. The highest BCUT2D eigenvalue weighted by Gasteiger charge is 2.50. The summed E-state index contributed by atoms with van der Waals surface area (Å²) in [6.07, 6.45) is -7.01. The number of carbonyl (C=O) groups is 3. The van der Waals surface area contributed by atoms with Crippen LogP contribution in [0.5, 0.6) is 5.06 Å². The van der Waals surface area contributed by atoms with E-state index in [4.69, 9.17) is 19.5 Å². The Morgan fingerprint density at radius 2 is 1.77 bits per heavy atom. The Morgan fingerprint density at radius 1 is 1.07 bits per heavy atom. The predicted molar refractivity (Wildman–Crippen MR) is 192 cm³/mol.